The second-order valence-electron chi connectivity index (χ2n) is 7.95. The summed E-state index contributed by atoms with van der Waals surface area (Å²) in [5.74, 6) is -2.15. The van der Waals surface area contributed by atoms with E-state index >= 15 is 0 Å². The molecule has 1 aromatic heterocycles. The first kappa shape index (κ1) is 22.7. The molecule has 1 N–H and O–H groups in total. The van der Waals surface area contributed by atoms with E-state index in [9.17, 15) is 24.3 Å². The van der Waals surface area contributed by atoms with Crippen LogP contribution < -0.4 is 5.56 Å². The molecular formula is C28H21FN2O3. The van der Waals surface area contributed by atoms with Crippen LogP contribution in [0.1, 0.15) is 44.1 Å². The predicted molar refractivity (Wildman–Crippen MR) is 126 cm³/mol. The number of rotatable bonds is 6. The average Bonchev–Trinajstić information content (AvgIpc) is 2.85. The highest BCUT2D eigenvalue weighted by molar-refractivity contribution is 6.06. The number of hydrogen-bond donors (Lipinski definition) is 1. The number of nitrogens with zero attached hydrogens (tertiary/aromatic N) is 2. The molecule has 6 heteroatoms. The number of Topliss-reactive ketones (excluding diaryl/α,β-unsaturated/α-hetero) is 1. The molecule has 0 aliphatic heterocycles. The van der Waals surface area contributed by atoms with Crippen molar-refractivity contribution in [2.45, 2.75) is 19.4 Å². The first-order valence-electron chi connectivity index (χ1n) is 10.7. The van der Waals surface area contributed by atoms with E-state index in [0.29, 0.717) is 16.7 Å². The maximum Gasteiger partial charge on any atom is 0.271 e. The second kappa shape index (κ2) is 9.55. The number of carbonyl (C=O) groups is 1. The van der Waals surface area contributed by atoms with Crippen molar-refractivity contribution in [3.05, 3.63) is 134 Å². The molecule has 0 fully saturated rings. The summed E-state index contributed by atoms with van der Waals surface area (Å²) in [6.07, 6.45) is 0. The Morgan fingerprint density at radius 1 is 0.971 bits per heavy atom. The van der Waals surface area contributed by atoms with Gasteiger partial charge in [-0.15, -0.1) is 0 Å². The molecule has 0 saturated heterocycles. The highest BCUT2D eigenvalue weighted by Gasteiger charge is 2.31. The maximum absolute atomic E-state index is 14.0. The molecular weight excluding hydrogens is 431 g/mol. The van der Waals surface area contributed by atoms with E-state index in [-0.39, 0.29) is 23.2 Å². The van der Waals surface area contributed by atoms with E-state index in [1.54, 1.807) is 0 Å². The molecule has 0 aliphatic rings. The highest BCUT2D eigenvalue weighted by atomic mass is 19.1. The van der Waals surface area contributed by atoms with Crippen molar-refractivity contribution in [1.29, 1.82) is 5.26 Å². The molecule has 0 amide bonds. The van der Waals surface area contributed by atoms with Gasteiger partial charge in [0.2, 0.25) is 5.88 Å². The van der Waals surface area contributed by atoms with Gasteiger partial charge in [0, 0.05) is 0 Å². The molecule has 0 unspecified atom stereocenters. The van der Waals surface area contributed by atoms with Gasteiger partial charge in [0.1, 0.15) is 17.4 Å². The third-order valence-corrected chi connectivity index (χ3v) is 5.83. The average molecular weight is 452 g/mol. The van der Waals surface area contributed by atoms with E-state index in [1.165, 1.54) is 31.2 Å². The number of ketones is 1. The van der Waals surface area contributed by atoms with Gasteiger partial charge in [0.15, 0.2) is 5.78 Å². The van der Waals surface area contributed by atoms with Gasteiger partial charge in [-0.2, -0.15) is 5.26 Å². The molecule has 5 nitrogen and oxygen atoms in total. The number of carbonyl (C=O) groups excluding carboxylic acids is 1. The molecule has 34 heavy (non-hydrogen) atoms. The van der Waals surface area contributed by atoms with Crippen LogP contribution in [0.3, 0.4) is 0 Å². The summed E-state index contributed by atoms with van der Waals surface area (Å²) in [5, 5.41) is 20.8. The van der Waals surface area contributed by atoms with Crippen molar-refractivity contribution >= 4 is 5.78 Å². The summed E-state index contributed by atoms with van der Waals surface area (Å²) in [4.78, 5) is 27.0. The number of benzene rings is 3. The number of pyridine rings is 1. The van der Waals surface area contributed by atoms with Gasteiger partial charge in [-0.05, 0) is 41.3 Å². The minimum atomic E-state index is -0.754. The molecule has 3 aromatic carbocycles. The zero-order valence-electron chi connectivity index (χ0n) is 18.4. The molecule has 168 valence electrons. The van der Waals surface area contributed by atoms with Gasteiger partial charge in [-0.25, -0.2) is 4.39 Å². The monoisotopic (exact) mass is 452 g/mol. The fourth-order valence-electron chi connectivity index (χ4n) is 4.10. The van der Waals surface area contributed by atoms with Crippen molar-refractivity contribution in [2.75, 3.05) is 0 Å². The normalized spacial score (nSPS) is 10.8. The number of hydrogen-bond acceptors (Lipinski definition) is 4. The number of aromatic nitrogens is 1. The van der Waals surface area contributed by atoms with Gasteiger partial charge >= 0.3 is 0 Å². The van der Waals surface area contributed by atoms with Crippen LogP contribution in [-0.4, -0.2) is 15.5 Å². The van der Waals surface area contributed by atoms with Gasteiger partial charge < -0.3 is 5.11 Å². The van der Waals surface area contributed by atoms with E-state index in [2.05, 4.69) is 0 Å². The Hall–Kier alpha value is -4.50. The van der Waals surface area contributed by atoms with Crippen LogP contribution in [0.25, 0.3) is 0 Å². The van der Waals surface area contributed by atoms with Crippen LogP contribution in [0.5, 0.6) is 5.88 Å². The van der Waals surface area contributed by atoms with E-state index < -0.39 is 29.0 Å². The Morgan fingerprint density at radius 2 is 1.50 bits per heavy atom. The molecule has 0 aliphatic carbocycles. The molecule has 1 heterocycles. The highest BCUT2D eigenvalue weighted by Crippen LogP contribution is 2.33. The van der Waals surface area contributed by atoms with Gasteiger partial charge in [-0.3, -0.25) is 14.2 Å². The van der Waals surface area contributed by atoms with Crippen molar-refractivity contribution in [3.8, 4) is 11.9 Å². The fraction of sp³-hybridized carbons (Fsp3) is 0.107. The Kier molecular flexibility index (Phi) is 6.37. The maximum atomic E-state index is 14.0. The Bertz CT molecular complexity index is 1400. The second-order valence-corrected chi connectivity index (χ2v) is 7.95. The minimum Gasteiger partial charge on any atom is -0.494 e. The molecule has 0 saturated carbocycles. The third-order valence-electron chi connectivity index (χ3n) is 5.83. The lowest BCUT2D eigenvalue weighted by molar-refractivity contribution is 0.0969. The standard InChI is InChI=1S/C28H21FN2O3/c1-18-23(16-30)27(33)31(17-19-12-14-22(29)15-13-19)28(34)24(18)26(32)25(20-8-4-2-5-9-20)21-10-6-3-7-11-21/h2-15,25,34H,17H2,1H3. The smallest absolute Gasteiger partial charge is 0.271 e. The van der Waals surface area contributed by atoms with Crippen LogP contribution in [-0.2, 0) is 6.54 Å². The summed E-state index contributed by atoms with van der Waals surface area (Å²) in [6.45, 7) is 1.36. The summed E-state index contributed by atoms with van der Waals surface area (Å²) in [7, 11) is 0. The SMILES string of the molecule is Cc1c(C(=O)C(c2ccccc2)c2ccccc2)c(O)n(Cc2ccc(F)cc2)c(=O)c1C#N. The molecule has 4 aromatic rings. The lowest BCUT2D eigenvalue weighted by Crippen LogP contribution is -2.28. The number of aromatic hydroxyl groups is 1. The topological polar surface area (TPSA) is 83.1 Å². The Morgan fingerprint density at radius 3 is 2.00 bits per heavy atom. The largest absolute Gasteiger partial charge is 0.494 e. The number of halogens is 1. The molecule has 0 atom stereocenters. The van der Waals surface area contributed by atoms with E-state index in [1.807, 2.05) is 66.7 Å². The van der Waals surface area contributed by atoms with Crippen molar-refractivity contribution in [1.82, 2.24) is 4.57 Å². The van der Waals surface area contributed by atoms with Crippen molar-refractivity contribution in [2.24, 2.45) is 0 Å². The van der Waals surface area contributed by atoms with Crippen LogP contribution in [0.4, 0.5) is 4.39 Å². The lowest BCUT2D eigenvalue weighted by atomic mass is 9.83. The Balaban J connectivity index is 1.92. The van der Waals surface area contributed by atoms with E-state index in [0.717, 1.165) is 4.57 Å². The molecule has 0 radical (unpaired) electrons. The molecule has 0 spiro atoms. The van der Waals surface area contributed by atoms with Crippen LogP contribution in [0, 0.1) is 24.1 Å². The first-order chi connectivity index (χ1) is 16.4. The van der Waals surface area contributed by atoms with Crippen molar-refractivity contribution in [3.63, 3.8) is 0 Å². The predicted octanol–water partition coefficient (Wildman–Crippen LogP) is 4.94. The van der Waals surface area contributed by atoms with Crippen molar-refractivity contribution < 1.29 is 14.3 Å². The lowest BCUT2D eigenvalue weighted by Gasteiger charge is -2.21. The van der Waals surface area contributed by atoms with Crippen LogP contribution in [0.2, 0.25) is 0 Å². The van der Waals surface area contributed by atoms with Crippen LogP contribution in [0.15, 0.2) is 89.7 Å². The Labute approximate surface area is 196 Å². The third kappa shape index (κ3) is 4.24. The zero-order chi connectivity index (χ0) is 24.2. The van der Waals surface area contributed by atoms with Gasteiger partial charge in [0.25, 0.3) is 5.56 Å². The van der Waals surface area contributed by atoms with Gasteiger partial charge in [0.05, 0.1) is 18.0 Å². The summed E-state index contributed by atoms with van der Waals surface area (Å²) >= 11 is 0. The summed E-state index contributed by atoms with van der Waals surface area (Å²) < 4.78 is 14.3. The summed E-state index contributed by atoms with van der Waals surface area (Å²) in [6, 6.07) is 25.6. The zero-order valence-corrected chi connectivity index (χ0v) is 18.4. The first-order valence-corrected chi connectivity index (χ1v) is 10.7. The quantitative estimate of drug-likeness (QED) is 0.420. The van der Waals surface area contributed by atoms with Crippen LogP contribution >= 0.6 is 0 Å². The number of nitriles is 1. The van der Waals surface area contributed by atoms with E-state index in [4.69, 9.17) is 0 Å². The summed E-state index contributed by atoms with van der Waals surface area (Å²) in [5.41, 5.74) is 1.07. The molecule has 0 bridgehead atoms. The minimum absolute atomic E-state index is 0.0871. The molecule has 4 rings (SSSR count). The fourth-order valence-corrected chi connectivity index (χ4v) is 4.10. The van der Waals surface area contributed by atoms with Gasteiger partial charge in [-0.1, -0.05) is 72.8 Å².